The Balaban J connectivity index is 1.84. The van der Waals surface area contributed by atoms with Crippen molar-refractivity contribution in [3.63, 3.8) is 0 Å². The zero-order valence-corrected chi connectivity index (χ0v) is 21.7. The number of ether oxygens (including phenoxy) is 1. The van der Waals surface area contributed by atoms with Gasteiger partial charge in [0.15, 0.2) is 5.11 Å². The third kappa shape index (κ3) is 5.58. The minimum absolute atomic E-state index is 0.106. The number of amides is 2. The molecule has 0 aliphatic carbocycles. The van der Waals surface area contributed by atoms with Crippen LogP contribution in [0.3, 0.4) is 0 Å². The van der Waals surface area contributed by atoms with Crippen LogP contribution in [-0.4, -0.2) is 29.6 Å². The van der Waals surface area contributed by atoms with Gasteiger partial charge in [0, 0.05) is 15.4 Å². The van der Waals surface area contributed by atoms with Crippen molar-refractivity contribution < 1.29 is 14.3 Å². The predicted molar refractivity (Wildman–Crippen MR) is 138 cm³/mol. The molecular weight excluding hydrogens is 534 g/mol. The van der Waals surface area contributed by atoms with Gasteiger partial charge >= 0.3 is 0 Å². The maximum absolute atomic E-state index is 12.7. The van der Waals surface area contributed by atoms with Gasteiger partial charge in [-0.25, -0.2) is 0 Å². The smallest absolute Gasteiger partial charge is 0.263 e. The summed E-state index contributed by atoms with van der Waals surface area (Å²) in [6, 6.07) is 10.6. The first-order chi connectivity index (χ1) is 15.0. The first kappa shape index (κ1) is 24.4. The lowest BCUT2D eigenvalue weighted by Crippen LogP contribution is -2.40. The second-order valence-corrected chi connectivity index (χ2v) is 10.6. The van der Waals surface area contributed by atoms with Crippen molar-refractivity contribution in [2.45, 2.75) is 26.3 Å². The molecule has 1 aromatic heterocycles. The number of thiophene rings is 1. The van der Waals surface area contributed by atoms with E-state index in [-0.39, 0.29) is 11.0 Å². The number of fused-ring (bicyclic) bond motifs is 1. The summed E-state index contributed by atoms with van der Waals surface area (Å²) in [5.74, 6) is -0.232. The van der Waals surface area contributed by atoms with Crippen molar-refractivity contribution in [2.75, 3.05) is 12.4 Å². The van der Waals surface area contributed by atoms with Gasteiger partial charge in [0.2, 0.25) is 0 Å². The molecule has 3 rings (SSSR count). The average molecular weight is 555 g/mol. The van der Waals surface area contributed by atoms with Gasteiger partial charge in [0.05, 0.1) is 28.1 Å². The molecule has 0 spiro atoms. The molecule has 3 N–H and O–H groups in total. The van der Waals surface area contributed by atoms with E-state index in [4.69, 9.17) is 28.6 Å². The highest BCUT2D eigenvalue weighted by Crippen LogP contribution is 2.39. The van der Waals surface area contributed by atoms with Crippen LogP contribution in [0.5, 0.6) is 5.75 Å². The molecule has 10 heteroatoms. The summed E-state index contributed by atoms with van der Waals surface area (Å²) in [6.07, 6.45) is 0. The first-order valence-electron chi connectivity index (χ1n) is 9.49. The molecule has 0 saturated heterocycles. The van der Waals surface area contributed by atoms with Crippen molar-refractivity contribution in [1.82, 2.24) is 10.6 Å². The largest absolute Gasteiger partial charge is 0.496 e. The van der Waals surface area contributed by atoms with Crippen LogP contribution >= 0.6 is 51.1 Å². The Morgan fingerprint density at radius 3 is 2.53 bits per heavy atom. The fourth-order valence-corrected chi connectivity index (χ4v) is 4.95. The van der Waals surface area contributed by atoms with Crippen molar-refractivity contribution in [3.05, 3.63) is 56.3 Å². The molecule has 0 aliphatic heterocycles. The zero-order valence-electron chi connectivity index (χ0n) is 17.8. The second kappa shape index (κ2) is 9.74. The van der Waals surface area contributed by atoms with E-state index in [0.29, 0.717) is 26.9 Å². The maximum Gasteiger partial charge on any atom is 0.263 e. The molecule has 2 amide bonds. The molecule has 0 radical (unpaired) electrons. The van der Waals surface area contributed by atoms with Crippen LogP contribution in [0.25, 0.3) is 10.1 Å². The molecule has 0 aliphatic rings. The Hall–Kier alpha value is -2.20. The highest BCUT2D eigenvalue weighted by molar-refractivity contribution is 9.10. The quantitative estimate of drug-likeness (QED) is 0.346. The first-order valence-corrected chi connectivity index (χ1v) is 11.9. The summed E-state index contributed by atoms with van der Waals surface area (Å²) in [6.45, 7) is 5.71. The van der Waals surface area contributed by atoms with Gasteiger partial charge in [-0.15, -0.1) is 11.3 Å². The number of rotatable bonds is 4. The fourth-order valence-electron chi connectivity index (χ4n) is 2.91. The summed E-state index contributed by atoms with van der Waals surface area (Å²) in [5.41, 5.74) is 0.581. The van der Waals surface area contributed by atoms with Crippen LogP contribution in [0.2, 0.25) is 5.02 Å². The molecule has 0 unspecified atom stereocenters. The number of benzene rings is 2. The summed E-state index contributed by atoms with van der Waals surface area (Å²) >= 11 is 16.5. The van der Waals surface area contributed by atoms with Gasteiger partial charge in [0.1, 0.15) is 10.6 Å². The molecule has 168 valence electrons. The Bertz CT molecular complexity index is 1220. The maximum atomic E-state index is 12.7. The number of hydrogen-bond acceptors (Lipinski definition) is 5. The number of nitrogens with one attached hydrogen (secondary N) is 3. The lowest BCUT2D eigenvalue weighted by Gasteiger charge is -2.19. The third-order valence-corrected chi connectivity index (χ3v) is 6.67. The van der Waals surface area contributed by atoms with E-state index in [2.05, 4.69) is 31.9 Å². The van der Waals surface area contributed by atoms with E-state index in [1.807, 2.05) is 26.8 Å². The number of anilines is 1. The van der Waals surface area contributed by atoms with Crippen LogP contribution in [0.4, 0.5) is 5.69 Å². The van der Waals surface area contributed by atoms with Gasteiger partial charge in [-0.1, -0.05) is 39.7 Å². The molecule has 0 atom stereocenters. The number of carbonyl (C=O) groups is 2. The Morgan fingerprint density at radius 1 is 1.16 bits per heavy atom. The zero-order chi connectivity index (χ0) is 23.6. The van der Waals surface area contributed by atoms with Gasteiger partial charge in [-0.2, -0.15) is 0 Å². The van der Waals surface area contributed by atoms with E-state index < -0.39 is 11.4 Å². The highest BCUT2D eigenvalue weighted by atomic mass is 79.9. The van der Waals surface area contributed by atoms with Gasteiger partial charge in [0.25, 0.3) is 11.8 Å². The minimum atomic E-state index is -0.415. The average Bonchev–Trinajstić information content (AvgIpc) is 3.04. The van der Waals surface area contributed by atoms with Crippen molar-refractivity contribution in [3.8, 4) is 5.75 Å². The van der Waals surface area contributed by atoms with E-state index >= 15 is 0 Å². The molecule has 0 saturated carbocycles. The van der Waals surface area contributed by atoms with Crippen LogP contribution in [0, 0.1) is 0 Å². The molecule has 32 heavy (non-hydrogen) atoms. The highest BCUT2D eigenvalue weighted by Gasteiger charge is 2.23. The predicted octanol–water partition coefficient (Wildman–Crippen LogP) is 5.98. The molecule has 6 nitrogen and oxygen atoms in total. The van der Waals surface area contributed by atoms with Crippen molar-refractivity contribution >= 4 is 83.8 Å². The van der Waals surface area contributed by atoms with Crippen molar-refractivity contribution in [2.24, 2.45) is 0 Å². The van der Waals surface area contributed by atoms with Crippen LogP contribution in [0.15, 0.2) is 40.9 Å². The lowest BCUT2D eigenvalue weighted by molar-refractivity contribution is 0.0922. The topological polar surface area (TPSA) is 79.5 Å². The summed E-state index contributed by atoms with van der Waals surface area (Å²) in [7, 11) is 1.49. The molecule has 0 bridgehead atoms. The van der Waals surface area contributed by atoms with E-state index in [1.54, 1.807) is 30.3 Å². The number of hydrogen-bond donors (Lipinski definition) is 3. The summed E-state index contributed by atoms with van der Waals surface area (Å²) < 4.78 is 6.75. The molecular formula is C22H21BrClN3O3S2. The lowest BCUT2D eigenvalue weighted by atomic mass is 10.1. The summed E-state index contributed by atoms with van der Waals surface area (Å²) in [4.78, 5) is 25.8. The van der Waals surface area contributed by atoms with E-state index in [0.717, 1.165) is 14.6 Å². The SMILES string of the molecule is COc1ccc(Br)cc1C(=O)NC(=S)Nc1cccc2c(Cl)c(C(=O)NC(C)(C)C)sc12. The molecule has 1 heterocycles. The molecule has 2 aromatic carbocycles. The van der Waals surface area contributed by atoms with Crippen LogP contribution < -0.4 is 20.7 Å². The van der Waals surface area contributed by atoms with E-state index in [1.165, 1.54) is 18.4 Å². The van der Waals surface area contributed by atoms with Crippen LogP contribution in [-0.2, 0) is 0 Å². The van der Waals surface area contributed by atoms with Gasteiger partial charge < -0.3 is 15.4 Å². The summed E-state index contributed by atoms with van der Waals surface area (Å²) in [5, 5.41) is 9.83. The Morgan fingerprint density at radius 2 is 1.88 bits per heavy atom. The van der Waals surface area contributed by atoms with Crippen LogP contribution in [0.1, 0.15) is 40.8 Å². The minimum Gasteiger partial charge on any atom is -0.496 e. The Kier molecular flexibility index (Phi) is 7.44. The number of methoxy groups -OCH3 is 1. The van der Waals surface area contributed by atoms with Gasteiger partial charge in [-0.05, 0) is 57.3 Å². The van der Waals surface area contributed by atoms with Gasteiger partial charge in [-0.3, -0.25) is 14.9 Å². The Labute approximate surface area is 208 Å². The van der Waals surface area contributed by atoms with Crippen molar-refractivity contribution in [1.29, 1.82) is 0 Å². The number of carbonyl (C=O) groups excluding carboxylic acids is 2. The normalized spacial score (nSPS) is 11.2. The molecule has 0 fully saturated rings. The number of halogens is 2. The number of thiocarbonyl (C=S) groups is 1. The standard InChI is InChI=1S/C22H21BrClN3O3S2/c1-22(2,3)27-20(29)18-16(24)12-6-5-7-14(17(12)32-18)25-21(31)26-19(28)13-10-11(23)8-9-15(13)30-4/h5-10H,1-4H3,(H,27,29)(H2,25,26,28,31). The molecule has 3 aromatic rings. The monoisotopic (exact) mass is 553 g/mol. The third-order valence-electron chi connectivity index (χ3n) is 4.23. The van der Waals surface area contributed by atoms with E-state index in [9.17, 15) is 9.59 Å². The second-order valence-electron chi connectivity index (χ2n) is 7.88. The fraction of sp³-hybridized carbons (Fsp3) is 0.227.